The van der Waals surface area contributed by atoms with E-state index in [9.17, 15) is 9.59 Å². The molecular weight excluding hydrogens is 404 g/mol. The van der Waals surface area contributed by atoms with E-state index in [1.807, 2.05) is 48.2 Å². The highest BCUT2D eigenvalue weighted by Gasteiger charge is 2.25. The molecule has 0 saturated carbocycles. The highest BCUT2D eigenvalue weighted by molar-refractivity contribution is 6.08. The third kappa shape index (κ3) is 5.68. The zero-order valence-corrected chi connectivity index (χ0v) is 18.8. The number of likely N-dealkylation sites (tertiary alicyclic amines) is 1. The van der Waals surface area contributed by atoms with Crippen molar-refractivity contribution >= 4 is 17.5 Å². The van der Waals surface area contributed by atoms with Crippen molar-refractivity contribution in [3.05, 3.63) is 59.7 Å². The molecule has 0 N–H and O–H groups in total. The predicted molar refractivity (Wildman–Crippen MR) is 124 cm³/mol. The van der Waals surface area contributed by atoms with Crippen LogP contribution in [0.15, 0.2) is 48.5 Å². The van der Waals surface area contributed by atoms with Crippen molar-refractivity contribution in [1.29, 1.82) is 0 Å². The molecular formula is C26H32N2O4. The highest BCUT2D eigenvalue weighted by Crippen LogP contribution is 2.22. The number of piperidine rings is 1. The number of benzene rings is 2. The Balaban J connectivity index is 1.51. The number of nitrogens with zero attached hydrogens (tertiary/aromatic N) is 2. The van der Waals surface area contributed by atoms with Gasteiger partial charge in [0, 0.05) is 30.9 Å². The van der Waals surface area contributed by atoms with Crippen molar-refractivity contribution in [1.82, 2.24) is 4.90 Å². The molecule has 2 aliphatic rings. The molecule has 4 rings (SSSR count). The number of carbonyl (C=O) groups excluding carboxylic acids is 2. The lowest BCUT2D eigenvalue weighted by atomic mass is 10.1. The van der Waals surface area contributed by atoms with Crippen molar-refractivity contribution in [3.63, 3.8) is 0 Å². The second-order valence-corrected chi connectivity index (χ2v) is 8.64. The topological polar surface area (TPSA) is 59.1 Å². The molecule has 2 heterocycles. The summed E-state index contributed by atoms with van der Waals surface area (Å²) in [6.07, 6.45) is 5.37. The molecule has 2 aromatic carbocycles. The third-order valence-corrected chi connectivity index (χ3v) is 6.13. The maximum absolute atomic E-state index is 13.5. The van der Waals surface area contributed by atoms with Gasteiger partial charge in [0.15, 0.2) is 0 Å². The highest BCUT2D eigenvalue weighted by atomic mass is 16.5. The second-order valence-electron chi connectivity index (χ2n) is 8.64. The minimum atomic E-state index is -0.207. The second kappa shape index (κ2) is 10.6. The average molecular weight is 437 g/mol. The van der Waals surface area contributed by atoms with Gasteiger partial charge in [0.05, 0.1) is 6.10 Å². The van der Waals surface area contributed by atoms with E-state index in [0.29, 0.717) is 17.9 Å². The van der Waals surface area contributed by atoms with Crippen molar-refractivity contribution in [3.8, 4) is 5.75 Å². The van der Waals surface area contributed by atoms with E-state index in [-0.39, 0.29) is 24.5 Å². The average Bonchev–Trinajstić information content (AvgIpc) is 3.36. The molecule has 6 heteroatoms. The number of hydrogen-bond acceptors (Lipinski definition) is 4. The molecule has 1 unspecified atom stereocenters. The summed E-state index contributed by atoms with van der Waals surface area (Å²) in [6.45, 7) is 4.82. The summed E-state index contributed by atoms with van der Waals surface area (Å²) in [5, 5.41) is 0. The largest absolute Gasteiger partial charge is 0.491 e. The predicted octanol–water partition coefficient (Wildman–Crippen LogP) is 4.21. The van der Waals surface area contributed by atoms with Gasteiger partial charge in [-0.3, -0.25) is 14.5 Å². The zero-order valence-electron chi connectivity index (χ0n) is 18.8. The van der Waals surface area contributed by atoms with Gasteiger partial charge in [-0.2, -0.15) is 0 Å². The number of ether oxygens (including phenoxy) is 2. The standard InChI is InChI=1S/C26H32N2O4/c1-20-10-12-22(13-11-20)28(18-25(29)27-14-3-2-4-15-27)26(30)21-7-5-8-23(17-21)32-19-24-9-6-16-31-24/h5,7-8,10-13,17,24H,2-4,6,9,14-16,18-19H2,1H3. The Bertz CT molecular complexity index is 916. The summed E-state index contributed by atoms with van der Waals surface area (Å²) in [5.41, 5.74) is 2.33. The van der Waals surface area contributed by atoms with Gasteiger partial charge in [0.1, 0.15) is 18.9 Å². The minimum Gasteiger partial charge on any atom is -0.491 e. The first-order chi connectivity index (χ1) is 15.6. The summed E-state index contributed by atoms with van der Waals surface area (Å²) >= 11 is 0. The SMILES string of the molecule is Cc1ccc(N(CC(=O)N2CCCCC2)C(=O)c2cccc(OCC3CCCO3)c2)cc1. The first-order valence-corrected chi connectivity index (χ1v) is 11.6. The summed E-state index contributed by atoms with van der Waals surface area (Å²) in [7, 11) is 0. The molecule has 2 fully saturated rings. The van der Waals surface area contributed by atoms with E-state index in [1.165, 1.54) is 0 Å². The van der Waals surface area contributed by atoms with Crippen molar-refractivity contribution < 1.29 is 19.1 Å². The third-order valence-electron chi connectivity index (χ3n) is 6.13. The van der Waals surface area contributed by atoms with Gasteiger partial charge < -0.3 is 14.4 Å². The monoisotopic (exact) mass is 436 g/mol. The molecule has 6 nitrogen and oxygen atoms in total. The molecule has 2 aliphatic heterocycles. The summed E-state index contributed by atoms with van der Waals surface area (Å²) < 4.78 is 11.5. The molecule has 1 atom stereocenters. The number of carbonyl (C=O) groups is 2. The maximum atomic E-state index is 13.5. The van der Waals surface area contributed by atoms with Crippen LogP contribution in [0, 0.1) is 6.92 Å². The van der Waals surface area contributed by atoms with E-state index >= 15 is 0 Å². The van der Waals surface area contributed by atoms with Crippen LogP contribution in [-0.4, -0.2) is 55.7 Å². The lowest BCUT2D eigenvalue weighted by molar-refractivity contribution is -0.130. The van der Waals surface area contributed by atoms with Crippen LogP contribution in [0.3, 0.4) is 0 Å². The quantitative estimate of drug-likeness (QED) is 0.652. The number of hydrogen-bond donors (Lipinski definition) is 0. The van der Waals surface area contributed by atoms with Gasteiger partial charge in [-0.15, -0.1) is 0 Å². The van der Waals surface area contributed by atoms with Gasteiger partial charge in [-0.1, -0.05) is 23.8 Å². The van der Waals surface area contributed by atoms with Crippen LogP contribution in [0.2, 0.25) is 0 Å². The summed E-state index contributed by atoms with van der Waals surface area (Å²) in [5.74, 6) is 0.420. The molecule has 0 spiro atoms. The molecule has 0 radical (unpaired) electrons. The number of anilines is 1. The Hall–Kier alpha value is -2.86. The minimum absolute atomic E-state index is 0.00980. The van der Waals surface area contributed by atoms with Crippen molar-refractivity contribution in [2.24, 2.45) is 0 Å². The van der Waals surface area contributed by atoms with Gasteiger partial charge in [-0.25, -0.2) is 0 Å². The van der Waals surface area contributed by atoms with E-state index in [0.717, 1.165) is 63.1 Å². The van der Waals surface area contributed by atoms with Crippen LogP contribution in [0.4, 0.5) is 5.69 Å². The van der Waals surface area contributed by atoms with Crippen LogP contribution in [-0.2, 0) is 9.53 Å². The van der Waals surface area contributed by atoms with Gasteiger partial charge in [-0.05, 0) is 69.4 Å². The molecule has 0 bridgehead atoms. The Labute approximate surface area is 190 Å². The summed E-state index contributed by atoms with van der Waals surface area (Å²) in [4.78, 5) is 30.0. The van der Waals surface area contributed by atoms with E-state index in [1.54, 1.807) is 17.0 Å². The molecule has 170 valence electrons. The van der Waals surface area contributed by atoms with Crippen molar-refractivity contribution in [2.75, 3.05) is 37.7 Å². The maximum Gasteiger partial charge on any atom is 0.258 e. The molecule has 0 aliphatic carbocycles. The van der Waals surface area contributed by atoms with Crippen LogP contribution in [0.5, 0.6) is 5.75 Å². The summed E-state index contributed by atoms with van der Waals surface area (Å²) in [6, 6.07) is 14.9. The number of amides is 2. The van der Waals surface area contributed by atoms with Crippen LogP contribution >= 0.6 is 0 Å². The first kappa shape index (κ1) is 22.3. The smallest absolute Gasteiger partial charge is 0.258 e. The zero-order chi connectivity index (χ0) is 22.3. The lowest BCUT2D eigenvalue weighted by Gasteiger charge is -2.30. The fourth-order valence-electron chi connectivity index (χ4n) is 4.22. The number of rotatable bonds is 7. The van der Waals surface area contributed by atoms with Gasteiger partial charge >= 0.3 is 0 Å². The van der Waals surface area contributed by atoms with Gasteiger partial charge in [0.25, 0.3) is 5.91 Å². The molecule has 32 heavy (non-hydrogen) atoms. The van der Waals surface area contributed by atoms with E-state index in [2.05, 4.69) is 0 Å². The fraction of sp³-hybridized carbons (Fsp3) is 0.462. The van der Waals surface area contributed by atoms with Crippen LogP contribution in [0.1, 0.15) is 48.0 Å². The Morgan fingerprint density at radius 3 is 2.56 bits per heavy atom. The van der Waals surface area contributed by atoms with E-state index < -0.39 is 0 Å². The molecule has 0 aromatic heterocycles. The number of aryl methyl sites for hydroxylation is 1. The molecule has 2 amide bonds. The Kier molecular flexibility index (Phi) is 7.43. The van der Waals surface area contributed by atoms with Crippen molar-refractivity contribution in [2.45, 2.75) is 45.1 Å². The molecule has 2 aromatic rings. The lowest BCUT2D eigenvalue weighted by Crippen LogP contribution is -2.45. The normalized spacial score (nSPS) is 18.4. The van der Waals surface area contributed by atoms with Gasteiger partial charge in [0.2, 0.25) is 5.91 Å². The fourth-order valence-corrected chi connectivity index (χ4v) is 4.22. The van der Waals surface area contributed by atoms with E-state index in [4.69, 9.17) is 9.47 Å². The molecule has 2 saturated heterocycles. The Morgan fingerprint density at radius 2 is 1.84 bits per heavy atom. The Morgan fingerprint density at radius 1 is 1.06 bits per heavy atom. The van der Waals surface area contributed by atoms with Crippen LogP contribution < -0.4 is 9.64 Å². The van der Waals surface area contributed by atoms with Crippen LogP contribution in [0.25, 0.3) is 0 Å². The first-order valence-electron chi connectivity index (χ1n) is 11.6.